The topological polar surface area (TPSA) is 45.2 Å². The van der Waals surface area contributed by atoms with Gasteiger partial charge in [0, 0.05) is 17.5 Å². The molecule has 0 aromatic carbocycles. The zero-order valence-corrected chi connectivity index (χ0v) is 11.4. The zero-order chi connectivity index (χ0) is 12.1. The normalized spacial score (nSPS) is 15.1. The molecule has 1 aromatic rings. The van der Waals surface area contributed by atoms with Crippen LogP contribution in [0.2, 0.25) is 0 Å². The first-order valence-corrected chi connectivity index (χ1v) is 6.64. The van der Waals surface area contributed by atoms with Crippen LogP contribution in [0, 0.1) is 19.8 Å². The number of rotatable bonds is 6. The number of thiazole rings is 1. The molecule has 92 valence electrons. The predicted molar refractivity (Wildman–Crippen MR) is 68.9 cm³/mol. The number of aryl methyl sites for hydroxylation is 2. The molecule has 1 heterocycles. The van der Waals surface area contributed by atoms with Gasteiger partial charge in [0.2, 0.25) is 0 Å². The minimum Gasteiger partial charge on any atom is -0.396 e. The minimum absolute atomic E-state index is 0.274. The van der Waals surface area contributed by atoms with E-state index in [9.17, 15) is 0 Å². The van der Waals surface area contributed by atoms with Crippen molar-refractivity contribution in [2.75, 3.05) is 13.2 Å². The predicted octanol–water partition coefficient (Wildman–Crippen LogP) is 2.43. The highest BCUT2D eigenvalue weighted by Gasteiger charge is 2.13. The fraction of sp³-hybridized carbons (Fsp3) is 0.750. The van der Waals surface area contributed by atoms with Crippen LogP contribution < -0.4 is 5.32 Å². The van der Waals surface area contributed by atoms with Crippen LogP contribution >= 0.6 is 11.3 Å². The Bertz CT molecular complexity index is 325. The summed E-state index contributed by atoms with van der Waals surface area (Å²) in [5.41, 5.74) is 1.14. The van der Waals surface area contributed by atoms with Gasteiger partial charge in [-0.2, -0.15) is 0 Å². The molecular formula is C12H22N2OS. The van der Waals surface area contributed by atoms with E-state index in [-0.39, 0.29) is 6.61 Å². The fourth-order valence-corrected chi connectivity index (χ4v) is 2.70. The fourth-order valence-electron chi connectivity index (χ4n) is 1.74. The quantitative estimate of drug-likeness (QED) is 0.805. The van der Waals surface area contributed by atoms with E-state index in [4.69, 9.17) is 5.11 Å². The van der Waals surface area contributed by atoms with Crippen LogP contribution in [0.4, 0.5) is 0 Å². The number of hydrogen-bond donors (Lipinski definition) is 2. The largest absolute Gasteiger partial charge is 0.396 e. The highest BCUT2D eigenvalue weighted by atomic mass is 32.1. The summed E-state index contributed by atoms with van der Waals surface area (Å²) >= 11 is 1.76. The van der Waals surface area contributed by atoms with Crippen molar-refractivity contribution in [3.63, 3.8) is 0 Å². The van der Waals surface area contributed by atoms with Crippen molar-refractivity contribution in [2.24, 2.45) is 5.92 Å². The average molecular weight is 242 g/mol. The molecular weight excluding hydrogens is 220 g/mol. The summed E-state index contributed by atoms with van der Waals surface area (Å²) < 4.78 is 0. The molecule has 0 bridgehead atoms. The standard InChI is InChI=1S/C12H22N2OS/c1-8(5-6-15)7-13-9(2)12-10(3)14-11(4)16-12/h8-9,13,15H,5-7H2,1-4H3. The molecule has 1 aromatic heterocycles. The van der Waals surface area contributed by atoms with Crippen LogP contribution in [0.3, 0.4) is 0 Å². The third kappa shape index (κ3) is 3.85. The Kier molecular flexibility index (Phi) is 5.38. The minimum atomic E-state index is 0.274. The summed E-state index contributed by atoms with van der Waals surface area (Å²) in [7, 11) is 0. The van der Waals surface area contributed by atoms with Gasteiger partial charge < -0.3 is 10.4 Å². The van der Waals surface area contributed by atoms with Gasteiger partial charge >= 0.3 is 0 Å². The lowest BCUT2D eigenvalue weighted by Crippen LogP contribution is -2.24. The Morgan fingerprint density at radius 1 is 1.38 bits per heavy atom. The van der Waals surface area contributed by atoms with E-state index in [0.717, 1.165) is 23.7 Å². The third-order valence-electron chi connectivity index (χ3n) is 2.73. The van der Waals surface area contributed by atoms with Crippen LogP contribution in [0.5, 0.6) is 0 Å². The Balaban J connectivity index is 2.46. The molecule has 0 aliphatic carbocycles. The van der Waals surface area contributed by atoms with Crippen LogP contribution in [-0.4, -0.2) is 23.2 Å². The summed E-state index contributed by atoms with van der Waals surface area (Å²) in [6.07, 6.45) is 0.862. The van der Waals surface area contributed by atoms with Gasteiger partial charge in [-0.1, -0.05) is 6.92 Å². The number of hydrogen-bond acceptors (Lipinski definition) is 4. The van der Waals surface area contributed by atoms with Crippen LogP contribution in [0.25, 0.3) is 0 Å². The molecule has 0 spiro atoms. The molecule has 0 aliphatic rings. The molecule has 2 unspecified atom stereocenters. The number of aliphatic hydroxyl groups excluding tert-OH is 1. The van der Waals surface area contributed by atoms with Crippen molar-refractivity contribution >= 4 is 11.3 Å². The van der Waals surface area contributed by atoms with Gasteiger partial charge in [0.1, 0.15) is 0 Å². The van der Waals surface area contributed by atoms with E-state index in [1.807, 2.05) is 6.92 Å². The molecule has 2 atom stereocenters. The van der Waals surface area contributed by atoms with Gasteiger partial charge in [0.05, 0.1) is 10.7 Å². The SMILES string of the molecule is Cc1nc(C)c(C(C)NCC(C)CCO)s1. The lowest BCUT2D eigenvalue weighted by atomic mass is 10.1. The maximum absolute atomic E-state index is 8.83. The number of nitrogens with zero attached hydrogens (tertiary/aromatic N) is 1. The van der Waals surface area contributed by atoms with E-state index in [0.29, 0.717) is 12.0 Å². The molecule has 0 aliphatic heterocycles. The zero-order valence-electron chi connectivity index (χ0n) is 10.6. The second-order valence-electron chi connectivity index (χ2n) is 4.43. The summed E-state index contributed by atoms with van der Waals surface area (Å²) in [4.78, 5) is 5.76. The van der Waals surface area contributed by atoms with Crippen molar-refractivity contribution in [2.45, 2.75) is 40.2 Å². The van der Waals surface area contributed by atoms with E-state index in [1.54, 1.807) is 11.3 Å². The molecule has 3 nitrogen and oxygen atoms in total. The van der Waals surface area contributed by atoms with Crippen molar-refractivity contribution in [1.29, 1.82) is 0 Å². The maximum atomic E-state index is 8.83. The second kappa shape index (κ2) is 6.33. The molecule has 0 fully saturated rings. The summed E-state index contributed by atoms with van der Waals surface area (Å²) in [6, 6.07) is 0.354. The molecule has 2 N–H and O–H groups in total. The van der Waals surface area contributed by atoms with E-state index >= 15 is 0 Å². The first-order chi connectivity index (χ1) is 7.54. The van der Waals surface area contributed by atoms with E-state index < -0.39 is 0 Å². The highest BCUT2D eigenvalue weighted by Crippen LogP contribution is 2.24. The van der Waals surface area contributed by atoms with Crippen molar-refractivity contribution < 1.29 is 5.11 Å². The van der Waals surface area contributed by atoms with Crippen molar-refractivity contribution in [3.05, 3.63) is 15.6 Å². The van der Waals surface area contributed by atoms with E-state index in [1.165, 1.54) is 4.88 Å². The van der Waals surface area contributed by atoms with Gasteiger partial charge in [0.15, 0.2) is 0 Å². The van der Waals surface area contributed by atoms with Gasteiger partial charge in [0.25, 0.3) is 0 Å². The summed E-state index contributed by atoms with van der Waals surface area (Å²) in [5, 5.41) is 13.5. The number of aliphatic hydroxyl groups is 1. The molecule has 16 heavy (non-hydrogen) atoms. The lowest BCUT2D eigenvalue weighted by Gasteiger charge is -2.16. The Morgan fingerprint density at radius 2 is 2.06 bits per heavy atom. The second-order valence-corrected chi connectivity index (χ2v) is 5.66. The van der Waals surface area contributed by atoms with Gasteiger partial charge in [-0.15, -0.1) is 11.3 Å². The van der Waals surface area contributed by atoms with Crippen molar-refractivity contribution in [1.82, 2.24) is 10.3 Å². The smallest absolute Gasteiger partial charge is 0.0900 e. The highest BCUT2D eigenvalue weighted by molar-refractivity contribution is 7.11. The summed E-state index contributed by atoms with van der Waals surface area (Å²) in [6.45, 7) is 9.65. The third-order valence-corrected chi connectivity index (χ3v) is 3.98. The van der Waals surface area contributed by atoms with Crippen LogP contribution in [-0.2, 0) is 0 Å². The maximum Gasteiger partial charge on any atom is 0.0900 e. The molecule has 0 saturated carbocycles. The lowest BCUT2D eigenvalue weighted by molar-refractivity contribution is 0.258. The Morgan fingerprint density at radius 3 is 2.56 bits per heavy atom. The monoisotopic (exact) mass is 242 g/mol. The van der Waals surface area contributed by atoms with Crippen LogP contribution in [0.15, 0.2) is 0 Å². The Hall–Kier alpha value is -0.450. The van der Waals surface area contributed by atoms with Gasteiger partial charge in [-0.3, -0.25) is 0 Å². The average Bonchev–Trinajstić information content (AvgIpc) is 2.55. The molecule has 0 saturated heterocycles. The first kappa shape index (κ1) is 13.6. The molecule has 4 heteroatoms. The van der Waals surface area contributed by atoms with Crippen molar-refractivity contribution in [3.8, 4) is 0 Å². The number of aromatic nitrogens is 1. The van der Waals surface area contributed by atoms with E-state index in [2.05, 4.69) is 31.1 Å². The summed E-state index contributed by atoms with van der Waals surface area (Å²) in [5.74, 6) is 0.516. The molecule has 0 radical (unpaired) electrons. The van der Waals surface area contributed by atoms with Gasteiger partial charge in [-0.05, 0) is 39.7 Å². The number of nitrogens with one attached hydrogen (secondary N) is 1. The molecule has 0 amide bonds. The van der Waals surface area contributed by atoms with Gasteiger partial charge in [-0.25, -0.2) is 4.98 Å². The first-order valence-electron chi connectivity index (χ1n) is 5.82. The van der Waals surface area contributed by atoms with Crippen LogP contribution in [0.1, 0.15) is 41.9 Å². The molecule has 1 rings (SSSR count). The Labute approximate surface area is 102 Å².